The number of nitrogens with zero attached hydrogens (tertiary/aromatic N) is 1. The number of fused-ring (bicyclic) bond motifs is 2. The summed E-state index contributed by atoms with van der Waals surface area (Å²) >= 11 is 0. The van der Waals surface area contributed by atoms with Crippen molar-refractivity contribution < 1.29 is 0 Å². The quantitative estimate of drug-likeness (QED) is 0.657. The van der Waals surface area contributed by atoms with Gasteiger partial charge in [0.15, 0.2) is 0 Å². The standard InChI is InChI=1S/C11H21N.C2H6/c1-4-12-6-9-5-10(7-12)11(9)8(2)3;1-2/h8-11H,4-7H2,1-3H3;1-2H3. The lowest BCUT2D eigenvalue weighted by atomic mass is 9.57. The minimum Gasteiger partial charge on any atom is -0.303 e. The number of piperidine rings is 2. The van der Waals surface area contributed by atoms with Gasteiger partial charge in [0.2, 0.25) is 0 Å². The maximum absolute atomic E-state index is 2.62. The molecule has 1 aliphatic carbocycles. The largest absolute Gasteiger partial charge is 0.303 e. The molecule has 3 rings (SSSR count). The molecule has 0 amide bonds. The summed E-state index contributed by atoms with van der Waals surface area (Å²) in [7, 11) is 0. The predicted molar refractivity (Wildman–Crippen MR) is 63.4 cm³/mol. The van der Waals surface area contributed by atoms with Gasteiger partial charge in [-0.1, -0.05) is 34.6 Å². The molecule has 84 valence electrons. The Balaban J connectivity index is 0.000000461. The molecule has 2 saturated heterocycles. The molecule has 14 heavy (non-hydrogen) atoms. The van der Waals surface area contributed by atoms with Gasteiger partial charge in [0, 0.05) is 13.1 Å². The summed E-state index contributed by atoms with van der Waals surface area (Å²) in [6, 6.07) is 0. The summed E-state index contributed by atoms with van der Waals surface area (Å²) in [6.07, 6.45) is 1.53. The average molecular weight is 197 g/mol. The van der Waals surface area contributed by atoms with Crippen LogP contribution in [0.2, 0.25) is 0 Å². The highest BCUT2D eigenvalue weighted by Gasteiger charge is 2.46. The number of hydrogen-bond donors (Lipinski definition) is 0. The summed E-state index contributed by atoms with van der Waals surface area (Å²) in [5.74, 6) is 4.08. The summed E-state index contributed by atoms with van der Waals surface area (Å²) in [6.45, 7) is 15.1. The van der Waals surface area contributed by atoms with E-state index in [0.29, 0.717) is 0 Å². The van der Waals surface area contributed by atoms with Crippen molar-refractivity contribution in [3.05, 3.63) is 0 Å². The number of rotatable bonds is 2. The van der Waals surface area contributed by atoms with E-state index in [9.17, 15) is 0 Å². The summed E-state index contributed by atoms with van der Waals surface area (Å²) < 4.78 is 0. The van der Waals surface area contributed by atoms with Crippen LogP contribution in [0.5, 0.6) is 0 Å². The van der Waals surface area contributed by atoms with Crippen molar-refractivity contribution in [2.45, 2.75) is 41.0 Å². The fraction of sp³-hybridized carbons (Fsp3) is 1.00. The van der Waals surface area contributed by atoms with Crippen molar-refractivity contribution >= 4 is 0 Å². The van der Waals surface area contributed by atoms with Crippen LogP contribution >= 0.6 is 0 Å². The van der Waals surface area contributed by atoms with Gasteiger partial charge >= 0.3 is 0 Å². The van der Waals surface area contributed by atoms with Gasteiger partial charge in [0.05, 0.1) is 0 Å². The highest BCUT2D eigenvalue weighted by molar-refractivity contribution is 4.97. The minimum absolute atomic E-state index is 0.924. The first kappa shape index (κ1) is 12.0. The Hall–Kier alpha value is -0.0400. The van der Waals surface area contributed by atoms with E-state index in [2.05, 4.69) is 25.7 Å². The molecule has 0 spiro atoms. The maximum Gasteiger partial charge on any atom is 0.00126 e. The molecule has 1 saturated carbocycles. The van der Waals surface area contributed by atoms with Gasteiger partial charge in [0.25, 0.3) is 0 Å². The molecule has 0 N–H and O–H groups in total. The molecule has 3 fully saturated rings. The van der Waals surface area contributed by atoms with Gasteiger partial charge < -0.3 is 4.90 Å². The first-order chi connectivity index (χ1) is 6.72. The van der Waals surface area contributed by atoms with E-state index in [0.717, 1.165) is 23.7 Å². The molecule has 2 heterocycles. The second kappa shape index (κ2) is 5.16. The molecule has 0 radical (unpaired) electrons. The van der Waals surface area contributed by atoms with Gasteiger partial charge in [-0.05, 0) is 36.6 Å². The van der Waals surface area contributed by atoms with Crippen LogP contribution < -0.4 is 0 Å². The third-order valence-electron chi connectivity index (χ3n) is 3.90. The van der Waals surface area contributed by atoms with Crippen LogP contribution in [0.15, 0.2) is 0 Å². The molecule has 0 aromatic carbocycles. The average Bonchev–Trinajstić information content (AvgIpc) is 2.20. The Labute approximate surface area is 89.9 Å². The van der Waals surface area contributed by atoms with Crippen molar-refractivity contribution in [1.29, 1.82) is 0 Å². The van der Waals surface area contributed by atoms with Crippen molar-refractivity contribution in [1.82, 2.24) is 4.90 Å². The van der Waals surface area contributed by atoms with Crippen molar-refractivity contribution in [2.75, 3.05) is 19.6 Å². The normalized spacial score (nSPS) is 36.0. The van der Waals surface area contributed by atoms with Crippen LogP contribution in [0, 0.1) is 23.7 Å². The van der Waals surface area contributed by atoms with Crippen LogP contribution in [-0.2, 0) is 0 Å². The Morgan fingerprint density at radius 2 is 1.64 bits per heavy atom. The van der Waals surface area contributed by atoms with Crippen molar-refractivity contribution in [3.8, 4) is 0 Å². The van der Waals surface area contributed by atoms with E-state index >= 15 is 0 Å². The lowest BCUT2D eigenvalue weighted by Gasteiger charge is -2.55. The predicted octanol–water partition coefficient (Wildman–Crippen LogP) is 3.26. The number of hydrogen-bond acceptors (Lipinski definition) is 1. The second-order valence-electron chi connectivity index (χ2n) is 4.93. The Kier molecular flexibility index (Phi) is 4.43. The lowest BCUT2D eigenvalue weighted by Crippen LogP contribution is -2.56. The molecule has 2 unspecified atom stereocenters. The molecule has 0 aromatic heterocycles. The molecular weight excluding hydrogens is 170 g/mol. The van der Waals surface area contributed by atoms with Crippen LogP contribution in [0.25, 0.3) is 0 Å². The van der Waals surface area contributed by atoms with Gasteiger partial charge in [-0.3, -0.25) is 0 Å². The van der Waals surface area contributed by atoms with E-state index < -0.39 is 0 Å². The Morgan fingerprint density at radius 1 is 1.14 bits per heavy atom. The first-order valence-corrected chi connectivity index (χ1v) is 6.44. The van der Waals surface area contributed by atoms with Crippen molar-refractivity contribution in [3.63, 3.8) is 0 Å². The molecule has 2 aliphatic heterocycles. The first-order valence-electron chi connectivity index (χ1n) is 6.44. The SMILES string of the molecule is CC.CCN1CC2CC(C1)C2C(C)C. The van der Waals surface area contributed by atoms with E-state index in [-0.39, 0.29) is 0 Å². The van der Waals surface area contributed by atoms with E-state index in [4.69, 9.17) is 0 Å². The summed E-state index contributed by atoms with van der Waals surface area (Å²) in [5, 5.41) is 0. The zero-order valence-electron chi connectivity index (χ0n) is 10.6. The Bertz CT molecular complexity index is 153. The van der Waals surface area contributed by atoms with Crippen LogP contribution in [0.4, 0.5) is 0 Å². The van der Waals surface area contributed by atoms with Gasteiger partial charge in [-0.2, -0.15) is 0 Å². The smallest absolute Gasteiger partial charge is 0.00126 e. The van der Waals surface area contributed by atoms with Crippen LogP contribution in [0.1, 0.15) is 41.0 Å². The zero-order chi connectivity index (χ0) is 10.7. The fourth-order valence-electron chi connectivity index (χ4n) is 3.37. The third-order valence-corrected chi connectivity index (χ3v) is 3.90. The molecular formula is C13H27N. The third kappa shape index (κ3) is 2.13. The minimum atomic E-state index is 0.924. The van der Waals surface area contributed by atoms with Gasteiger partial charge in [0.1, 0.15) is 0 Å². The van der Waals surface area contributed by atoms with Crippen LogP contribution in [0.3, 0.4) is 0 Å². The van der Waals surface area contributed by atoms with E-state index in [1.54, 1.807) is 0 Å². The van der Waals surface area contributed by atoms with Gasteiger partial charge in [-0.15, -0.1) is 0 Å². The Morgan fingerprint density at radius 3 is 2.00 bits per heavy atom. The monoisotopic (exact) mass is 197 g/mol. The van der Waals surface area contributed by atoms with E-state index in [1.165, 1.54) is 26.1 Å². The van der Waals surface area contributed by atoms with Crippen molar-refractivity contribution in [2.24, 2.45) is 23.7 Å². The lowest BCUT2D eigenvalue weighted by molar-refractivity contribution is -0.0639. The van der Waals surface area contributed by atoms with Crippen LogP contribution in [-0.4, -0.2) is 24.5 Å². The summed E-state index contributed by atoms with van der Waals surface area (Å²) in [4.78, 5) is 2.62. The second-order valence-corrected chi connectivity index (χ2v) is 4.93. The van der Waals surface area contributed by atoms with E-state index in [1.807, 2.05) is 13.8 Å². The maximum atomic E-state index is 2.62. The molecule has 0 aromatic rings. The molecule has 1 heteroatoms. The molecule has 2 bridgehead atoms. The molecule has 3 aliphatic rings. The fourth-order valence-corrected chi connectivity index (χ4v) is 3.37. The molecule has 1 nitrogen and oxygen atoms in total. The van der Waals surface area contributed by atoms with Gasteiger partial charge in [-0.25, -0.2) is 0 Å². The summed E-state index contributed by atoms with van der Waals surface area (Å²) in [5.41, 5.74) is 0. The molecule has 2 atom stereocenters. The topological polar surface area (TPSA) is 3.24 Å². The zero-order valence-corrected chi connectivity index (χ0v) is 10.6. The highest BCUT2D eigenvalue weighted by Crippen LogP contribution is 2.48. The highest BCUT2D eigenvalue weighted by atomic mass is 15.1.